The average molecular weight is 460 g/mol. The highest BCUT2D eigenvalue weighted by Crippen LogP contribution is 2.18. The van der Waals surface area contributed by atoms with Crippen LogP contribution in [0.3, 0.4) is 0 Å². The minimum Gasteiger partial charge on any atom is -0.379 e. The van der Waals surface area contributed by atoms with Crippen LogP contribution in [0, 0.1) is 5.92 Å². The predicted molar refractivity (Wildman–Crippen MR) is 117 cm³/mol. The molecule has 0 spiro atoms. The number of guanidine groups is 1. The van der Waals surface area contributed by atoms with Gasteiger partial charge in [-0.15, -0.1) is 24.0 Å². The Morgan fingerprint density at radius 3 is 2.52 bits per heavy atom. The summed E-state index contributed by atoms with van der Waals surface area (Å²) in [7, 11) is 0. The van der Waals surface area contributed by atoms with E-state index in [2.05, 4.69) is 61.1 Å². The van der Waals surface area contributed by atoms with Crippen LogP contribution in [-0.4, -0.2) is 49.7 Å². The van der Waals surface area contributed by atoms with Crippen LogP contribution in [0.1, 0.15) is 39.2 Å². The number of morpholine rings is 1. The largest absolute Gasteiger partial charge is 0.379 e. The first-order valence-electron chi connectivity index (χ1n) is 8.96. The third-order valence-electron chi connectivity index (χ3n) is 4.56. The van der Waals surface area contributed by atoms with E-state index in [0.29, 0.717) is 30.4 Å². The summed E-state index contributed by atoms with van der Waals surface area (Å²) in [5, 5.41) is 3.22. The Balaban J connectivity index is 0.00000312. The zero-order chi connectivity index (χ0) is 17.5. The van der Waals surface area contributed by atoms with Gasteiger partial charge in [0.2, 0.25) is 0 Å². The highest BCUT2D eigenvalue weighted by Gasteiger charge is 2.23. The summed E-state index contributed by atoms with van der Waals surface area (Å²) in [5.41, 5.74) is 8.39. The van der Waals surface area contributed by atoms with Crippen molar-refractivity contribution in [3.05, 3.63) is 29.8 Å². The second kappa shape index (κ2) is 11.0. The number of anilines is 1. The van der Waals surface area contributed by atoms with Crippen molar-refractivity contribution in [3.8, 4) is 0 Å². The van der Waals surface area contributed by atoms with Gasteiger partial charge in [-0.2, -0.15) is 0 Å². The molecule has 1 saturated heterocycles. The molecular formula is C19H33IN4O. The highest BCUT2D eigenvalue weighted by atomic mass is 127. The lowest BCUT2D eigenvalue weighted by molar-refractivity contribution is 0.00870. The first-order valence-corrected chi connectivity index (χ1v) is 8.96. The predicted octanol–water partition coefficient (Wildman–Crippen LogP) is 3.51. The second-order valence-electron chi connectivity index (χ2n) is 7.09. The summed E-state index contributed by atoms with van der Waals surface area (Å²) in [6, 6.07) is 8.74. The maximum absolute atomic E-state index is 6.11. The summed E-state index contributed by atoms with van der Waals surface area (Å²) in [5.74, 6) is 1.51. The summed E-state index contributed by atoms with van der Waals surface area (Å²) >= 11 is 0. The number of nitrogens with two attached hydrogens (primary N) is 1. The van der Waals surface area contributed by atoms with Crippen molar-refractivity contribution in [1.29, 1.82) is 0 Å². The van der Waals surface area contributed by atoms with Crippen LogP contribution in [0.5, 0.6) is 0 Å². The molecular weight excluding hydrogens is 427 g/mol. The maximum atomic E-state index is 6.11. The van der Waals surface area contributed by atoms with E-state index < -0.39 is 0 Å². The molecule has 3 N–H and O–H groups in total. The molecule has 6 heteroatoms. The minimum absolute atomic E-state index is 0. The number of aliphatic imine (C=N–C) groups is 1. The van der Waals surface area contributed by atoms with Crippen molar-refractivity contribution < 1.29 is 4.74 Å². The molecule has 0 bridgehead atoms. The minimum atomic E-state index is 0. The molecule has 0 radical (unpaired) electrons. The molecule has 25 heavy (non-hydrogen) atoms. The zero-order valence-electron chi connectivity index (χ0n) is 15.9. The van der Waals surface area contributed by atoms with Crippen molar-refractivity contribution in [3.63, 3.8) is 0 Å². The van der Waals surface area contributed by atoms with Gasteiger partial charge in [-0.3, -0.25) is 9.89 Å². The smallest absolute Gasteiger partial charge is 0.193 e. The van der Waals surface area contributed by atoms with Gasteiger partial charge in [0, 0.05) is 24.8 Å². The van der Waals surface area contributed by atoms with Crippen LogP contribution >= 0.6 is 24.0 Å². The van der Waals surface area contributed by atoms with E-state index in [4.69, 9.17) is 10.5 Å². The molecule has 1 unspecified atom stereocenters. The fraction of sp³-hybridized carbons (Fsp3) is 0.632. The van der Waals surface area contributed by atoms with Gasteiger partial charge in [0.1, 0.15) is 0 Å². The zero-order valence-corrected chi connectivity index (χ0v) is 18.2. The van der Waals surface area contributed by atoms with Gasteiger partial charge in [-0.25, -0.2) is 0 Å². The lowest BCUT2D eigenvalue weighted by atomic mass is 10.0. The third kappa shape index (κ3) is 7.11. The molecule has 1 heterocycles. The van der Waals surface area contributed by atoms with Crippen LogP contribution in [0.25, 0.3) is 0 Å². The van der Waals surface area contributed by atoms with Gasteiger partial charge in [0.15, 0.2) is 5.96 Å². The number of halogens is 1. The Bertz CT molecular complexity index is 542. The second-order valence-corrected chi connectivity index (χ2v) is 7.09. The fourth-order valence-corrected chi connectivity index (χ4v) is 3.01. The van der Waals surface area contributed by atoms with Gasteiger partial charge < -0.3 is 15.8 Å². The molecule has 1 atom stereocenters. The monoisotopic (exact) mass is 460 g/mol. The number of hydrogen-bond donors (Lipinski definition) is 2. The lowest BCUT2D eigenvalue weighted by Gasteiger charge is -2.36. The normalized spacial score (nSPS) is 17.4. The number of rotatable bonds is 6. The van der Waals surface area contributed by atoms with Crippen molar-refractivity contribution in [1.82, 2.24) is 4.90 Å². The molecule has 5 nitrogen and oxygen atoms in total. The van der Waals surface area contributed by atoms with Crippen LogP contribution in [-0.2, 0) is 4.74 Å². The van der Waals surface area contributed by atoms with Gasteiger partial charge in [-0.05, 0) is 29.5 Å². The van der Waals surface area contributed by atoms with Gasteiger partial charge in [-0.1, -0.05) is 39.8 Å². The summed E-state index contributed by atoms with van der Waals surface area (Å²) < 4.78 is 5.45. The highest BCUT2D eigenvalue weighted by molar-refractivity contribution is 14.0. The summed E-state index contributed by atoms with van der Waals surface area (Å²) in [6.07, 6.45) is 0. The maximum Gasteiger partial charge on any atom is 0.193 e. The third-order valence-corrected chi connectivity index (χ3v) is 4.56. The molecule has 0 amide bonds. The van der Waals surface area contributed by atoms with Crippen LogP contribution in [0.15, 0.2) is 29.3 Å². The molecule has 0 aromatic heterocycles. The quantitative estimate of drug-likeness (QED) is 0.388. The van der Waals surface area contributed by atoms with E-state index in [1.54, 1.807) is 0 Å². The Morgan fingerprint density at radius 1 is 1.24 bits per heavy atom. The Kier molecular flexibility index (Phi) is 9.74. The molecule has 1 aliphatic heterocycles. The van der Waals surface area contributed by atoms with Crippen molar-refractivity contribution >= 4 is 35.6 Å². The van der Waals surface area contributed by atoms with Crippen molar-refractivity contribution in [2.45, 2.75) is 39.7 Å². The van der Waals surface area contributed by atoms with Crippen LogP contribution < -0.4 is 11.1 Å². The molecule has 1 aliphatic rings. The Labute approximate surface area is 169 Å². The van der Waals surface area contributed by atoms with E-state index in [9.17, 15) is 0 Å². The van der Waals surface area contributed by atoms with E-state index in [-0.39, 0.29) is 24.0 Å². The number of hydrogen-bond acceptors (Lipinski definition) is 3. The summed E-state index contributed by atoms with van der Waals surface area (Å²) in [6.45, 7) is 13.1. The molecule has 142 valence electrons. The van der Waals surface area contributed by atoms with E-state index in [1.165, 1.54) is 5.56 Å². The van der Waals surface area contributed by atoms with Gasteiger partial charge in [0.05, 0.1) is 19.8 Å². The van der Waals surface area contributed by atoms with Crippen LogP contribution in [0.4, 0.5) is 5.69 Å². The number of ether oxygens (including phenoxy) is 1. The van der Waals surface area contributed by atoms with Crippen molar-refractivity contribution in [2.24, 2.45) is 16.6 Å². The molecule has 2 rings (SSSR count). The number of benzene rings is 1. The molecule has 0 saturated carbocycles. The van der Waals surface area contributed by atoms with Gasteiger partial charge in [0.25, 0.3) is 0 Å². The van der Waals surface area contributed by atoms with Gasteiger partial charge >= 0.3 is 0 Å². The SMILES string of the molecule is CC(C)c1cccc(NC(N)=NCC(C(C)C)N2CCOCC2)c1.I. The fourth-order valence-electron chi connectivity index (χ4n) is 3.01. The van der Waals surface area contributed by atoms with E-state index in [1.807, 2.05) is 6.07 Å². The number of nitrogens with one attached hydrogen (secondary N) is 1. The first kappa shape index (κ1) is 22.2. The average Bonchev–Trinajstić information content (AvgIpc) is 2.56. The lowest BCUT2D eigenvalue weighted by Crippen LogP contribution is -2.47. The standard InChI is InChI=1S/C19H32N4O.HI/c1-14(2)16-6-5-7-17(12-16)22-19(20)21-13-18(15(3)4)23-8-10-24-11-9-23;/h5-7,12,14-15,18H,8-11,13H2,1-4H3,(H3,20,21,22);1H. The van der Waals surface area contributed by atoms with E-state index in [0.717, 1.165) is 32.0 Å². The Morgan fingerprint density at radius 2 is 1.92 bits per heavy atom. The Hall–Kier alpha value is -0.860. The molecule has 1 aromatic carbocycles. The first-order chi connectivity index (χ1) is 11.5. The molecule has 1 fully saturated rings. The molecule has 1 aromatic rings. The van der Waals surface area contributed by atoms with Crippen LogP contribution in [0.2, 0.25) is 0 Å². The van der Waals surface area contributed by atoms with Crippen molar-refractivity contribution in [2.75, 3.05) is 38.2 Å². The molecule has 0 aliphatic carbocycles. The summed E-state index contributed by atoms with van der Waals surface area (Å²) in [4.78, 5) is 7.05. The van der Waals surface area contributed by atoms with E-state index >= 15 is 0 Å². The number of nitrogens with zero attached hydrogens (tertiary/aromatic N) is 2. The topological polar surface area (TPSA) is 62.9 Å².